The van der Waals surface area contributed by atoms with Gasteiger partial charge in [-0.2, -0.15) is 13.2 Å². The molecule has 0 aliphatic rings. The van der Waals surface area contributed by atoms with Crippen LogP contribution in [0.15, 0.2) is 48.8 Å². The summed E-state index contributed by atoms with van der Waals surface area (Å²) in [7, 11) is 0. The van der Waals surface area contributed by atoms with E-state index >= 15 is 0 Å². The number of aromatic nitrogens is 1. The molecule has 2 rings (SSSR count). The number of ether oxygens (including phenoxy) is 1. The molecule has 1 N–H and O–H groups in total. The Balaban J connectivity index is 1.94. The molecule has 0 amide bonds. The Bertz CT molecular complexity index is 541. The minimum Gasteiger partial charge on any atom is -0.491 e. The molecule has 0 aliphatic heterocycles. The van der Waals surface area contributed by atoms with Crippen LogP contribution in [-0.2, 0) is 6.18 Å². The summed E-state index contributed by atoms with van der Waals surface area (Å²) in [6.45, 7) is -0.0463. The summed E-state index contributed by atoms with van der Waals surface area (Å²) < 4.78 is 42.4. The molecule has 1 heterocycles. The minimum atomic E-state index is -4.37. The monoisotopic (exact) mass is 283 g/mol. The van der Waals surface area contributed by atoms with Crippen LogP contribution in [-0.4, -0.2) is 16.7 Å². The summed E-state index contributed by atoms with van der Waals surface area (Å²) in [6, 6.07) is 7.61. The quantitative estimate of drug-likeness (QED) is 0.936. The summed E-state index contributed by atoms with van der Waals surface area (Å²) in [5.74, 6) is 0.270. The van der Waals surface area contributed by atoms with Crippen molar-refractivity contribution in [3.05, 3.63) is 59.9 Å². The Morgan fingerprint density at radius 1 is 1.05 bits per heavy atom. The molecule has 1 aromatic carbocycles. The molecule has 1 atom stereocenters. The average Bonchev–Trinajstić information content (AvgIpc) is 2.45. The lowest BCUT2D eigenvalue weighted by Crippen LogP contribution is -2.10. The lowest BCUT2D eigenvalue weighted by atomic mass is 10.1. The fourth-order valence-electron chi connectivity index (χ4n) is 1.60. The Morgan fingerprint density at radius 2 is 1.65 bits per heavy atom. The molecule has 0 saturated heterocycles. The second-order valence-electron chi connectivity index (χ2n) is 4.13. The Morgan fingerprint density at radius 3 is 2.20 bits per heavy atom. The fourth-order valence-corrected chi connectivity index (χ4v) is 1.60. The molecule has 6 heteroatoms. The second-order valence-corrected chi connectivity index (χ2v) is 4.13. The van der Waals surface area contributed by atoms with E-state index in [0.717, 1.165) is 12.1 Å². The number of aliphatic hydroxyl groups is 1. The van der Waals surface area contributed by atoms with Crippen molar-refractivity contribution in [2.45, 2.75) is 12.3 Å². The number of halogens is 3. The largest absolute Gasteiger partial charge is 0.491 e. The van der Waals surface area contributed by atoms with Crippen molar-refractivity contribution in [3.8, 4) is 5.75 Å². The molecule has 0 saturated carbocycles. The van der Waals surface area contributed by atoms with Gasteiger partial charge in [0.1, 0.15) is 18.5 Å². The van der Waals surface area contributed by atoms with Gasteiger partial charge in [0, 0.05) is 12.4 Å². The number of benzene rings is 1. The highest BCUT2D eigenvalue weighted by Crippen LogP contribution is 2.30. The van der Waals surface area contributed by atoms with Crippen LogP contribution in [0.4, 0.5) is 13.2 Å². The lowest BCUT2D eigenvalue weighted by Gasteiger charge is -2.13. The SMILES string of the molecule is OC(COc1ccc(C(F)(F)F)cc1)c1ccncc1. The van der Waals surface area contributed by atoms with Gasteiger partial charge in [-0.3, -0.25) is 4.98 Å². The van der Waals surface area contributed by atoms with Crippen LogP contribution in [0.5, 0.6) is 5.75 Å². The van der Waals surface area contributed by atoms with Crippen LogP contribution in [0.25, 0.3) is 0 Å². The lowest BCUT2D eigenvalue weighted by molar-refractivity contribution is -0.137. The summed E-state index contributed by atoms with van der Waals surface area (Å²) >= 11 is 0. The molecular formula is C14H12F3NO2. The van der Waals surface area contributed by atoms with Crippen LogP contribution in [0, 0.1) is 0 Å². The van der Waals surface area contributed by atoms with Crippen LogP contribution in [0.3, 0.4) is 0 Å². The Kier molecular flexibility index (Phi) is 4.24. The maximum Gasteiger partial charge on any atom is 0.416 e. The van der Waals surface area contributed by atoms with Crippen molar-refractivity contribution in [1.29, 1.82) is 0 Å². The smallest absolute Gasteiger partial charge is 0.416 e. The van der Waals surface area contributed by atoms with Crippen molar-refractivity contribution >= 4 is 0 Å². The topological polar surface area (TPSA) is 42.4 Å². The van der Waals surface area contributed by atoms with Gasteiger partial charge in [-0.15, -0.1) is 0 Å². The van der Waals surface area contributed by atoms with Gasteiger partial charge in [-0.05, 0) is 42.0 Å². The van der Waals surface area contributed by atoms with E-state index in [1.54, 1.807) is 12.1 Å². The Hall–Kier alpha value is -2.08. The zero-order valence-corrected chi connectivity index (χ0v) is 10.3. The highest BCUT2D eigenvalue weighted by atomic mass is 19.4. The third-order valence-electron chi connectivity index (χ3n) is 2.68. The van der Waals surface area contributed by atoms with E-state index in [1.165, 1.54) is 24.5 Å². The first-order valence-corrected chi connectivity index (χ1v) is 5.85. The molecule has 0 fully saturated rings. The molecular weight excluding hydrogens is 271 g/mol. The van der Waals surface area contributed by atoms with Crippen LogP contribution < -0.4 is 4.74 Å². The molecule has 20 heavy (non-hydrogen) atoms. The van der Waals surface area contributed by atoms with Crippen molar-refractivity contribution < 1.29 is 23.0 Å². The van der Waals surface area contributed by atoms with Crippen LogP contribution in [0.2, 0.25) is 0 Å². The number of hydrogen-bond donors (Lipinski definition) is 1. The number of rotatable bonds is 4. The maximum atomic E-state index is 12.4. The van der Waals surface area contributed by atoms with Gasteiger partial charge in [-0.1, -0.05) is 0 Å². The predicted octanol–water partition coefficient (Wildman–Crippen LogP) is 3.21. The average molecular weight is 283 g/mol. The van der Waals surface area contributed by atoms with Gasteiger partial charge >= 0.3 is 6.18 Å². The molecule has 106 valence electrons. The van der Waals surface area contributed by atoms with Gasteiger partial charge in [0.2, 0.25) is 0 Å². The van der Waals surface area contributed by atoms with E-state index in [0.29, 0.717) is 5.56 Å². The number of pyridine rings is 1. The molecule has 2 aromatic rings. The molecule has 3 nitrogen and oxygen atoms in total. The maximum absolute atomic E-state index is 12.4. The first-order valence-electron chi connectivity index (χ1n) is 5.85. The van der Waals surface area contributed by atoms with E-state index in [-0.39, 0.29) is 12.4 Å². The molecule has 0 spiro atoms. The number of aliphatic hydroxyl groups excluding tert-OH is 1. The van der Waals surface area contributed by atoms with Crippen molar-refractivity contribution in [2.24, 2.45) is 0 Å². The second kappa shape index (κ2) is 5.92. The fraction of sp³-hybridized carbons (Fsp3) is 0.214. The molecule has 1 unspecified atom stereocenters. The van der Waals surface area contributed by atoms with E-state index in [1.807, 2.05) is 0 Å². The molecule has 0 aliphatic carbocycles. The summed E-state index contributed by atoms with van der Waals surface area (Å²) in [5.41, 5.74) is -0.105. The molecule has 1 aromatic heterocycles. The number of nitrogens with zero attached hydrogens (tertiary/aromatic N) is 1. The molecule has 0 bridgehead atoms. The zero-order chi connectivity index (χ0) is 14.6. The standard InChI is InChI=1S/C14H12F3NO2/c15-14(16,17)11-1-3-12(4-2-11)20-9-13(19)10-5-7-18-8-6-10/h1-8,13,19H,9H2. The summed E-state index contributed by atoms with van der Waals surface area (Å²) in [6.07, 6.45) is -2.15. The molecule has 0 radical (unpaired) electrons. The number of hydrogen-bond acceptors (Lipinski definition) is 3. The van der Waals surface area contributed by atoms with Gasteiger partial charge in [0.15, 0.2) is 0 Å². The van der Waals surface area contributed by atoms with Crippen LogP contribution in [0.1, 0.15) is 17.2 Å². The normalized spacial score (nSPS) is 13.0. The predicted molar refractivity (Wildman–Crippen MR) is 66.1 cm³/mol. The van der Waals surface area contributed by atoms with Crippen molar-refractivity contribution in [1.82, 2.24) is 4.98 Å². The van der Waals surface area contributed by atoms with Crippen LogP contribution >= 0.6 is 0 Å². The number of alkyl halides is 3. The van der Waals surface area contributed by atoms with E-state index in [4.69, 9.17) is 4.74 Å². The van der Waals surface area contributed by atoms with Crippen molar-refractivity contribution in [3.63, 3.8) is 0 Å². The highest BCUT2D eigenvalue weighted by molar-refractivity contribution is 5.29. The first kappa shape index (κ1) is 14.3. The third kappa shape index (κ3) is 3.71. The van der Waals surface area contributed by atoms with Gasteiger partial charge in [0.05, 0.1) is 5.56 Å². The minimum absolute atomic E-state index is 0.0463. The highest BCUT2D eigenvalue weighted by Gasteiger charge is 2.30. The van der Waals surface area contributed by atoms with E-state index in [2.05, 4.69) is 4.98 Å². The first-order chi connectivity index (χ1) is 9.47. The van der Waals surface area contributed by atoms with E-state index < -0.39 is 17.8 Å². The summed E-state index contributed by atoms with van der Waals surface area (Å²) in [5, 5.41) is 9.83. The Labute approximate surface area is 113 Å². The van der Waals surface area contributed by atoms with E-state index in [9.17, 15) is 18.3 Å². The van der Waals surface area contributed by atoms with Gasteiger partial charge in [-0.25, -0.2) is 0 Å². The summed E-state index contributed by atoms with van der Waals surface area (Å²) in [4.78, 5) is 3.82. The van der Waals surface area contributed by atoms with Crippen molar-refractivity contribution in [2.75, 3.05) is 6.61 Å². The van der Waals surface area contributed by atoms with Gasteiger partial charge < -0.3 is 9.84 Å². The third-order valence-corrected chi connectivity index (χ3v) is 2.68. The zero-order valence-electron chi connectivity index (χ0n) is 10.3. The van der Waals surface area contributed by atoms with Gasteiger partial charge in [0.25, 0.3) is 0 Å².